The number of benzene rings is 2. The molecule has 4 nitrogen and oxygen atoms in total. The molecule has 1 aliphatic rings. The van der Waals surface area contributed by atoms with Crippen molar-refractivity contribution in [3.8, 4) is 0 Å². The Morgan fingerprint density at radius 1 is 1.24 bits per heavy atom. The molecule has 0 atom stereocenters. The third kappa shape index (κ3) is 2.76. The van der Waals surface area contributed by atoms with Crippen molar-refractivity contribution in [2.75, 3.05) is 10.6 Å². The van der Waals surface area contributed by atoms with Gasteiger partial charge in [0.1, 0.15) is 0 Å². The fourth-order valence-corrected chi connectivity index (χ4v) is 2.46. The summed E-state index contributed by atoms with van der Waals surface area (Å²) in [5.41, 5.74) is 3.70. The van der Waals surface area contributed by atoms with Crippen molar-refractivity contribution in [3.63, 3.8) is 0 Å². The highest BCUT2D eigenvalue weighted by molar-refractivity contribution is 6.34. The maximum Gasteiger partial charge on any atom is 0.255 e. The predicted octanol–water partition coefficient (Wildman–Crippen LogP) is 3.40. The Morgan fingerprint density at radius 2 is 2.05 bits per heavy atom. The molecule has 21 heavy (non-hydrogen) atoms. The number of hydrogen-bond donors (Lipinski definition) is 2. The van der Waals surface area contributed by atoms with Crippen LogP contribution >= 0.6 is 11.6 Å². The summed E-state index contributed by atoms with van der Waals surface area (Å²) in [4.78, 5) is 23.6. The lowest BCUT2D eigenvalue weighted by atomic mass is 10.1. The summed E-state index contributed by atoms with van der Waals surface area (Å²) in [6, 6.07) is 10.6. The Labute approximate surface area is 127 Å². The number of halogens is 1. The van der Waals surface area contributed by atoms with Crippen LogP contribution < -0.4 is 10.6 Å². The van der Waals surface area contributed by atoms with Crippen molar-refractivity contribution in [3.05, 3.63) is 58.1 Å². The maximum absolute atomic E-state index is 12.3. The van der Waals surface area contributed by atoms with Gasteiger partial charge in [-0.2, -0.15) is 0 Å². The molecule has 2 N–H and O–H groups in total. The van der Waals surface area contributed by atoms with Gasteiger partial charge >= 0.3 is 0 Å². The lowest BCUT2D eigenvalue weighted by Crippen LogP contribution is -2.12. The van der Waals surface area contributed by atoms with Gasteiger partial charge < -0.3 is 10.6 Å². The molecule has 106 valence electrons. The summed E-state index contributed by atoms with van der Waals surface area (Å²) in [5, 5.41) is 6.02. The molecule has 2 amide bonds. The lowest BCUT2D eigenvalue weighted by molar-refractivity contribution is -0.115. The van der Waals surface area contributed by atoms with E-state index in [-0.39, 0.29) is 11.8 Å². The Bertz CT molecular complexity index is 756. The SMILES string of the molecule is Cc1ccc(Cl)c(NC(=O)c2ccc3c(c2)CC(=O)N3)c1. The quantitative estimate of drug-likeness (QED) is 0.893. The molecule has 0 bridgehead atoms. The fraction of sp³-hybridized carbons (Fsp3) is 0.125. The summed E-state index contributed by atoms with van der Waals surface area (Å²) in [6.45, 7) is 1.93. The van der Waals surface area contributed by atoms with Crippen LogP contribution in [0, 0.1) is 6.92 Å². The molecule has 1 aliphatic heterocycles. The highest BCUT2D eigenvalue weighted by atomic mass is 35.5. The van der Waals surface area contributed by atoms with E-state index in [0.717, 1.165) is 16.8 Å². The van der Waals surface area contributed by atoms with Crippen LogP contribution in [0.2, 0.25) is 5.02 Å². The number of fused-ring (bicyclic) bond motifs is 1. The molecule has 2 aromatic carbocycles. The van der Waals surface area contributed by atoms with Gasteiger partial charge in [0.25, 0.3) is 5.91 Å². The number of rotatable bonds is 2. The zero-order valence-corrected chi connectivity index (χ0v) is 12.1. The summed E-state index contributed by atoms with van der Waals surface area (Å²) in [7, 11) is 0. The zero-order chi connectivity index (χ0) is 15.0. The first kappa shape index (κ1) is 13.6. The topological polar surface area (TPSA) is 58.2 Å². The number of anilines is 2. The molecule has 5 heteroatoms. The monoisotopic (exact) mass is 300 g/mol. The van der Waals surface area contributed by atoms with Crippen LogP contribution in [0.3, 0.4) is 0 Å². The van der Waals surface area contributed by atoms with Crippen LogP contribution in [0.1, 0.15) is 21.5 Å². The van der Waals surface area contributed by atoms with Gasteiger partial charge in [0.15, 0.2) is 0 Å². The predicted molar refractivity (Wildman–Crippen MR) is 82.9 cm³/mol. The molecular weight excluding hydrogens is 288 g/mol. The van der Waals surface area contributed by atoms with Crippen LogP contribution in [-0.2, 0) is 11.2 Å². The molecule has 1 heterocycles. The van der Waals surface area contributed by atoms with Crippen molar-refractivity contribution in [1.82, 2.24) is 0 Å². The highest BCUT2D eigenvalue weighted by Crippen LogP contribution is 2.26. The first-order chi connectivity index (χ1) is 10.0. The normalized spacial score (nSPS) is 12.8. The number of amides is 2. The number of carbonyl (C=O) groups excluding carboxylic acids is 2. The molecule has 0 spiro atoms. The third-order valence-electron chi connectivity index (χ3n) is 3.36. The van der Waals surface area contributed by atoms with Gasteiger partial charge in [-0.05, 0) is 48.4 Å². The molecule has 0 unspecified atom stereocenters. The second kappa shape index (κ2) is 5.22. The Kier molecular flexibility index (Phi) is 3.39. The van der Waals surface area contributed by atoms with Gasteiger partial charge in [-0.3, -0.25) is 9.59 Å². The molecule has 3 rings (SSSR count). The van der Waals surface area contributed by atoms with E-state index in [2.05, 4.69) is 10.6 Å². The molecular formula is C16H13ClN2O2. The van der Waals surface area contributed by atoms with Gasteiger partial charge in [-0.1, -0.05) is 17.7 Å². The minimum absolute atomic E-state index is 0.0516. The van der Waals surface area contributed by atoms with Crippen LogP contribution in [0.15, 0.2) is 36.4 Å². The van der Waals surface area contributed by atoms with Gasteiger partial charge in [0.2, 0.25) is 5.91 Å². The minimum Gasteiger partial charge on any atom is -0.326 e. The molecule has 0 radical (unpaired) electrons. The average Bonchev–Trinajstić information content (AvgIpc) is 2.81. The van der Waals surface area contributed by atoms with Crippen molar-refractivity contribution in [2.24, 2.45) is 0 Å². The van der Waals surface area contributed by atoms with E-state index < -0.39 is 0 Å². The van der Waals surface area contributed by atoms with Gasteiger partial charge in [-0.25, -0.2) is 0 Å². The van der Waals surface area contributed by atoms with E-state index in [1.165, 1.54) is 0 Å². The summed E-state index contributed by atoms with van der Waals surface area (Å²) >= 11 is 6.07. The van der Waals surface area contributed by atoms with E-state index >= 15 is 0 Å². The van der Waals surface area contributed by atoms with Crippen LogP contribution in [0.4, 0.5) is 11.4 Å². The first-order valence-corrected chi connectivity index (χ1v) is 6.91. The van der Waals surface area contributed by atoms with Gasteiger partial charge in [-0.15, -0.1) is 0 Å². The lowest BCUT2D eigenvalue weighted by Gasteiger charge is -2.09. The smallest absolute Gasteiger partial charge is 0.255 e. The van der Waals surface area contributed by atoms with Crippen molar-refractivity contribution < 1.29 is 9.59 Å². The number of aryl methyl sites for hydroxylation is 1. The van der Waals surface area contributed by atoms with E-state index in [9.17, 15) is 9.59 Å². The molecule has 0 saturated heterocycles. The van der Waals surface area contributed by atoms with Crippen molar-refractivity contribution in [2.45, 2.75) is 13.3 Å². The van der Waals surface area contributed by atoms with Crippen molar-refractivity contribution in [1.29, 1.82) is 0 Å². The van der Waals surface area contributed by atoms with Crippen LogP contribution in [-0.4, -0.2) is 11.8 Å². The van der Waals surface area contributed by atoms with Crippen molar-refractivity contribution >= 4 is 34.8 Å². The Hall–Kier alpha value is -2.33. The van der Waals surface area contributed by atoms with E-state index in [0.29, 0.717) is 22.7 Å². The zero-order valence-electron chi connectivity index (χ0n) is 11.4. The standard InChI is InChI=1S/C16H13ClN2O2/c1-9-2-4-12(17)14(6-9)19-16(21)10-3-5-13-11(7-10)8-15(20)18-13/h2-7H,8H2,1H3,(H,18,20)(H,19,21). The number of nitrogens with one attached hydrogen (secondary N) is 2. The molecule has 0 saturated carbocycles. The Balaban J connectivity index is 1.85. The second-order valence-electron chi connectivity index (χ2n) is 5.03. The Morgan fingerprint density at radius 3 is 2.86 bits per heavy atom. The molecule has 0 aromatic heterocycles. The number of carbonyl (C=O) groups is 2. The minimum atomic E-state index is -0.246. The first-order valence-electron chi connectivity index (χ1n) is 6.53. The summed E-state index contributed by atoms with van der Waals surface area (Å²) in [6.07, 6.45) is 0.307. The number of hydrogen-bond acceptors (Lipinski definition) is 2. The van der Waals surface area contributed by atoms with E-state index in [1.54, 1.807) is 24.3 Å². The van der Waals surface area contributed by atoms with Gasteiger partial charge in [0, 0.05) is 11.3 Å². The van der Waals surface area contributed by atoms with E-state index in [4.69, 9.17) is 11.6 Å². The molecule has 0 aliphatic carbocycles. The largest absolute Gasteiger partial charge is 0.326 e. The molecule has 0 fully saturated rings. The fourth-order valence-electron chi connectivity index (χ4n) is 2.30. The molecule has 2 aromatic rings. The van der Waals surface area contributed by atoms with E-state index in [1.807, 2.05) is 19.1 Å². The van der Waals surface area contributed by atoms with Crippen LogP contribution in [0.25, 0.3) is 0 Å². The second-order valence-corrected chi connectivity index (χ2v) is 5.44. The highest BCUT2D eigenvalue weighted by Gasteiger charge is 2.19. The average molecular weight is 301 g/mol. The maximum atomic E-state index is 12.3. The summed E-state index contributed by atoms with van der Waals surface area (Å²) in [5.74, 6) is -0.297. The van der Waals surface area contributed by atoms with Crippen LogP contribution in [0.5, 0.6) is 0 Å². The third-order valence-corrected chi connectivity index (χ3v) is 3.69. The summed E-state index contributed by atoms with van der Waals surface area (Å²) < 4.78 is 0. The van der Waals surface area contributed by atoms with Gasteiger partial charge in [0.05, 0.1) is 17.1 Å².